The van der Waals surface area contributed by atoms with E-state index in [0.29, 0.717) is 18.9 Å². The Kier molecular flexibility index (Phi) is 6.36. The van der Waals surface area contributed by atoms with Crippen molar-refractivity contribution in [1.82, 2.24) is 10.2 Å². The number of nitrogens with one attached hydrogen (secondary N) is 1. The van der Waals surface area contributed by atoms with Crippen LogP contribution in [0.2, 0.25) is 0 Å². The lowest BCUT2D eigenvalue weighted by Crippen LogP contribution is -2.55. The molecule has 2 aromatic carbocycles. The molecule has 1 fully saturated rings. The van der Waals surface area contributed by atoms with E-state index in [9.17, 15) is 9.59 Å². The zero-order chi connectivity index (χ0) is 20.9. The molecule has 2 amide bonds. The second kappa shape index (κ2) is 9.33. The van der Waals surface area contributed by atoms with Crippen molar-refractivity contribution < 1.29 is 14.3 Å². The average Bonchev–Trinajstić information content (AvgIpc) is 2.78. The van der Waals surface area contributed by atoms with Crippen molar-refractivity contribution in [2.45, 2.75) is 64.3 Å². The Labute approximate surface area is 178 Å². The first-order chi connectivity index (χ1) is 14.6. The predicted octanol–water partition coefficient (Wildman–Crippen LogP) is 4.45. The van der Waals surface area contributed by atoms with Gasteiger partial charge in [-0.1, -0.05) is 74.4 Å². The molecule has 0 saturated heterocycles. The number of hydrogen-bond donors (Lipinski definition) is 1. The van der Waals surface area contributed by atoms with Crippen molar-refractivity contribution in [3.63, 3.8) is 0 Å². The molecule has 1 aliphatic heterocycles. The molecule has 0 aromatic heterocycles. The number of hydrogen-bond acceptors (Lipinski definition) is 3. The van der Waals surface area contributed by atoms with E-state index >= 15 is 0 Å². The van der Waals surface area contributed by atoms with Crippen LogP contribution in [-0.4, -0.2) is 29.0 Å². The molecule has 3 atom stereocenters. The number of ether oxygens (including phenoxy) is 1. The van der Waals surface area contributed by atoms with Crippen molar-refractivity contribution >= 4 is 12.0 Å². The number of benzene rings is 2. The van der Waals surface area contributed by atoms with Crippen LogP contribution < -0.4 is 5.32 Å². The molecule has 0 radical (unpaired) electrons. The van der Waals surface area contributed by atoms with Crippen molar-refractivity contribution in [3.05, 3.63) is 71.3 Å². The van der Waals surface area contributed by atoms with Gasteiger partial charge in [0, 0.05) is 12.5 Å². The van der Waals surface area contributed by atoms with Gasteiger partial charge in [-0.3, -0.25) is 9.69 Å². The molecular formula is C25H30N2O3. The molecule has 30 heavy (non-hydrogen) atoms. The molecule has 1 aliphatic carbocycles. The van der Waals surface area contributed by atoms with E-state index in [1.165, 1.54) is 6.42 Å². The maximum absolute atomic E-state index is 13.3. The molecule has 1 saturated carbocycles. The summed E-state index contributed by atoms with van der Waals surface area (Å²) >= 11 is 0. The normalized spacial score (nSPS) is 23.4. The van der Waals surface area contributed by atoms with E-state index in [2.05, 4.69) is 12.2 Å². The Morgan fingerprint density at radius 3 is 2.47 bits per heavy atom. The van der Waals surface area contributed by atoms with Crippen molar-refractivity contribution in [1.29, 1.82) is 0 Å². The van der Waals surface area contributed by atoms with Crippen LogP contribution in [-0.2, 0) is 29.1 Å². The molecule has 0 unspecified atom stereocenters. The van der Waals surface area contributed by atoms with Crippen LogP contribution in [0, 0.1) is 5.92 Å². The number of fused-ring (bicyclic) bond motifs is 1. The number of nitrogens with zero attached hydrogens (tertiary/aromatic N) is 1. The number of carbonyl (C=O) groups is 2. The maximum Gasteiger partial charge on any atom is 0.411 e. The fraction of sp³-hybridized carbons (Fsp3) is 0.440. The summed E-state index contributed by atoms with van der Waals surface area (Å²) in [5, 5.41) is 3.24. The van der Waals surface area contributed by atoms with Crippen LogP contribution in [0.25, 0.3) is 0 Å². The highest BCUT2D eigenvalue weighted by molar-refractivity contribution is 5.86. The monoisotopic (exact) mass is 406 g/mol. The summed E-state index contributed by atoms with van der Waals surface area (Å²) in [5.41, 5.74) is 3.13. The summed E-state index contributed by atoms with van der Waals surface area (Å²) in [6, 6.07) is 17.3. The summed E-state index contributed by atoms with van der Waals surface area (Å²) in [7, 11) is 0. The Balaban J connectivity index is 1.49. The average molecular weight is 407 g/mol. The van der Waals surface area contributed by atoms with Crippen LogP contribution in [0.4, 0.5) is 4.79 Å². The molecule has 158 valence electrons. The predicted molar refractivity (Wildman–Crippen MR) is 116 cm³/mol. The minimum Gasteiger partial charge on any atom is -0.445 e. The fourth-order valence-corrected chi connectivity index (χ4v) is 4.56. The molecule has 0 bridgehead atoms. The van der Waals surface area contributed by atoms with Gasteiger partial charge in [0.25, 0.3) is 0 Å². The first-order valence-electron chi connectivity index (χ1n) is 11.0. The van der Waals surface area contributed by atoms with Gasteiger partial charge < -0.3 is 10.1 Å². The van der Waals surface area contributed by atoms with E-state index in [1.807, 2.05) is 54.6 Å². The molecular weight excluding hydrogens is 376 g/mol. The Morgan fingerprint density at radius 1 is 1.00 bits per heavy atom. The van der Waals surface area contributed by atoms with E-state index in [-0.39, 0.29) is 18.6 Å². The lowest BCUT2D eigenvalue weighted by atomic mass is 9.85. The standard InChI is InChI=1S/C25H30N2O3/c1-18-9-5-8-14-22(18)26-24(28)23-15-20-12-6-7-13-21(20)16-27(23)25(29)30-17-19-10-3-2-4-11-19/h2-4,6-7,10-13,18,22-23H,5,8-9,14-17H2,1H3,(H,26,28)/t18-,22+,23+/m1/s1. The summed E-state index contributed by atoms with van der Waals surface area (Å²) in [5.74, 6) is 0.400. The smallest absolute Gasteiger partial charge is 0.411 e. The fourth-order valence-electron chi connectivity index (χ4n) is 4.56. The highest BCUT2D eigenvalue weighted by Gasteiger charge is 2.37. The Hall–Kier alpha value is -2.82. The van der Waals surface area contributed by atoms with Crippen molar-refractivity contribution in [2.24, 2.45) is 5.92 Å². The maximum atomic E-state index is 13.3. The first-order valence-corrected chi connectivity index (χ1v) is 11.0. The zero-order valence-electron chi connectivity index (χ0n) is 17.5. The van der Waals surface area contributed by atoms with Gasteiger partial charge in [0.2, 0.25) is 5.91 Å². The van der Waals surface area contributed by atoms with E-state index in [1.54, 1.807) is 4.90 Å². The Morgan fingerprint density at radius 2 is 1.70 bits per heavy atom. The molecule has 1 N–H and O–H groups in total. The van der Waals surface area contributed by atoms with Crippen LogP contribution in [0.1, 0.15) is 49.3 Å². The van der Waals surface area contributed by atoms with Gasteiger partial charge in [-0.05, 0) is 35.4 Å². The van der Waals surface area contributed by atoms with Gasteiger partial charge in [0.05, 0.1) is 6.54 Å². The van der Waals surface area contributed by atoms with Crippen molar-refractivity contribution in [2.75, 3.05) is 0 Å². The minimum atomic E-state index is -0.544. The third-order valence-corrected chi connectivity index (χ3v) is 6.43. The minimum absolute atomic E-state index is 0.0695. The first kappa shape index (κ1) is 20.5. The summed E-state index contributed by atoms with van der Waals surface area (Å²) in [6.07, 6.45) is 4.60. The molecule has 2 aliphatic rings. The highest BCUT2D eigenvalue weighted by Crippen LogP contribution is 2.27. The van der Waals surface area contributed by atoms with Crippen LogP contribution in [0.15, 0.2) is 54.6 Å². The second-order valence-electron chi connectivity index (χ2n) is 8.53. The highest BCUT2D eigenvalue weighted by atomic mass is 16.6. The summed E-state index contributed by atoms with van der Waals surface area (Å²) in [6.45, 7) is 2.79. The van der Waals surface area contributed by atoms with Crippen LogP contribution in [0.5, 0.6) is 0 Å². The zero-order valence-corrected chi connectivity index (χ0v) is 17.5. The molecule has 4 rings (SSSR count). The third-order valence-electron chi connectivity index (χ3n) is 6.43. The van der Waals surface area contributed by atoms with Gasteiger partial charge in [0.15, 0.2) is 0 Å². The van der Waals surface area contributed by atoms with Gasteiger partial charge in [-0.2, -0.15) is 0 Å². The van der Waals surface area contributed by atoms with E-state index < -0.39 is 12.1 Å². The largest absolute Gasteiger partial charge is 0.445 e. The summed E-state index contributed by atoms with van der Waals surface area (Å²) in [4.78, 5) is 27.8. The number of amides is 2. The third kappa shape index (κ3) is 4.66. The molecule has 5 heteroatoms. The molecule has 0 spiro atoms. The van der Waals surface area contributed by atoms with E-state index in [4.69, 9.17) is 4.74 Å². The molecule has 2 aromatic rings. The van der Waals surface area contributed by atoms with Gasteiger partial charge in [-0.25, -0.2) is 4.79 Å². The molecule has 1 heterocycles. The van der Waals surface area contributed by atoms with Crippen LogP contribution in [0.3, 0.4) is 0 Å². The van der Waals surface area contributed by atoms with E-state index in [0.717, 1.165) is 36.0 Å². The Bertz CT molecular complexity index is 883. The SMILES string of the molecule is C[C@@H]1CCCC[C@@H]1NC(=O)[C@@H]1Cc2ccccc2CN1C(=O)OCc1ccccc1. The van der Waals surface area contributed by atoms with Gasteiger partial charge in [0.1, 0.15) is 12.6 Å². The van der Waals surface area contributed by atoms with Crippen molar-refractivity contribution in [3.8, 4) is 0 Å². The lowest BCUT2D eigenvalue weighted by molar-refractivity contribution is -0.127. The topological polar surface area (TPSA) is 58.6 Å². The number of carbonyl (C=O) groups excluding carboxylic acids is 2. The lowest BCUT2D eigenvalue weighted by Gasteiger charge is -2.37. The van der Waals surface area contributed by atoms with Crippen LogP contribution >= 0.6 is 0 Å². The molecule has 5 nitrogen and oxygen atoms in total. The number of rotatable bonds is 4. The van der Waals surface area contributed by atoms with Gasteiger partial charge >= 0.3 is 6.09 Å². The van der Waals surface area contributed by atoms with Gasteiger partial charge in [-0.15, -0.1) is 0 Å². The summed E-state index contributed by atoms with van der Waals surface area (Å²) < 4.78 is 5.58. The quantitative estimate of drug-likeness (QED) is 0.816. The second-order valence-corrected chi connectivity index (χ2v) is 8.53.